The zero-order chi connectivity index (χ0) is 9.78. The van der Waals surface area contributed by atoms with Gasteiger partial charge in [-0.2, -0.15) is 0 Å². The van der Waals surface area contributed by atoms with Crippen LogP contribution in [0.2, 0.25) is 0 Å². The minimum absolute atomic E-state index is 0.125. The molecule has 0 aromatic carbocycles. The van der Waals surface area contributed by atoms with Crippen LogP contribution in [-0.4, -0.2) is 32.1 Å². The van der Waals surface area contributed by atoms with Crippen LogP contribution in [0.5, 0.6) is 0 Å². The number of rotatable bonds is 5. The Morgan fingerprint density at radius 3 is 2.25 bits per heavy atom. The van der Waals surface area contributed by atoms with E-state index >= 15 is 0 Å². The average Bonchev–Trinajstić information content (AvgIpc) is 1.97. The van der Waals surface area contributed by atoms with Crippen molar-refractivity contribution in [3.8, 4) is 0 Å². The molecule has 0 heterocycles. The first-order chi connectivity index (χ1) is 5.39. The van der Waals surface area contributed by atoms with E-state index < -0.39 is 10.0 Å². The van der Waals surface area contributed by atoms with Gasteiger partial charge in [-0.25, -0.2) is 12.7 Å². The van der Waals surface area contributed by atoms with Gasteiger partial charge in [0.1, 0.15) is 0 Å². The third kappa shape index (κ3) is 4.07. The molecule has 0 spiro atoms. The molecule has 0 bridgehead atoms. The molecule has 0 aliphatic carbocycles. The van der Waals surface area contributed by atoms with Crippen molar-refractivity contribution in [1.82, 2.24) is 4.31 Å². The highest BCUT2D eigenvalue weighted by atomic mass is 32.2. The molecule has 0 aromatic heterocycles. The number of unbranched alkanes of at least 4 members (excludes halogenated alkanes) is 1. The van der Waals surface area contributed by atoms with Gasteiger partial charge in [0.05, 0.1) is 6.26 Å². The Hall–Kier alpha value is -0.0900. The molecule has 3 nitrogen and oxygen atoms in total. The maximum Gasteiger partial charge on any atom is 0.211 e. The van der Waals surface area contributed by atoms with E-state index in [-0.39, 0.29) is 6.04 Å². The summed E-state index contributed by atoms with van der Waals surface area (Å²) >= 11 is 0. The molecule has 0 aliphatic heterocycles. The summed E-state index contributed by atoms with van der Waals surface area (Å²) in [5.74, 6) is 0. The predicted octanol–water partition coefficient (Wildman–Crippen LogP) is 1.46. The van der Waals surface area contributed by atoms with Crippen LogP contribution in [0.3, 0.4) is 0 Å². The summed E-state index contributed by atoms with van der Waals surface area (Å²) < 4.78 is 23.6. The predicted molar refractivity (Wildman–Crippen MR) is 51.6 cm³/mol. The molecule has 0 N–H and O–H groups in total. The molecular weight excluding hydrogens is 174 g/mol. The number of hydrogen-bond acceptors (Lipinski definition) is 2. The smallest absolute Gasteiger partial charge is 0.211 e. The monoisotopic (exact) mass is 193 g/mol. The van der Waals surface area contributed by atoms with Crippen LogP contribution in [0.25, 0.3) is 0 Å². The van der Waals surface area contributed by atoms with E-state index in [1.54, 1.807) is 7.05 Å². The summed E-state index contributed by atoms with van der Waals surface area (Å²) in [5, 5.41) is 0. The Kier molecular flexibility index (Phi) is 4.78. The number of hydrogen-bond donors (Lipinski definition) is 0. The van der Waals surface area contributed by atoms with Crippen LogP contribution in [0, 0.1) is 0 Å². The second-order valence-corrected chi connectivity index (χ2v) is 5.31. The fourth-order valence-electron chi connectivity index (χ4n) is 1.01. The van der Waals surface area contributed by atoms with E-state index in [0.717, 1.165) is 19.3 Å². The van der Waals surface area contributed by atoms with Gasteiger partial charge in [-0.05, 0) is 13.3 Å². The molecule has 0 aromatic rings. The summed E-state index contributed by atoms with van der Waals surface area (Å²) in [4.78, 5) is 0. The third-order valence-corrected chi connectivity index (χ3v) is 3.53. The Balaban J connectivity index is 4.02. The molecule has 12 heavy (non-hydrogen) atoms. The Morgan fingerprint density at radius 2 is 1.92 bits per heavy atom. The summed E-state index contributed by atoms with van der Waals surface area (Å²) in [6.45, 7) is 4.05. The molecule has 0 fully saturated rings. The zero-order valence-corrected chi connectivity index (χ0v) is 9.19. The van der Waals surface area contributed by atoms with E-state index in [9.17, 15) is 8.42 Å². The first-order valence-electron chi connectivity index (χ1n) is 4.32. The van der Waals surface area contributed by atoms with Crippen molar-refractivity contribution in [1.29, 1.82) is 0 Å². The van der Waals surface area contributed by atoms with E-state index in [0.29, 0.717) is 0 Å². The van der Waals surface area contributed by atoms with Crippen LogP contribution < -0.4 is 0 Å². The van der Waals surface area contributed by atoms with Crippen molar-refractivity contribution in [2.24, 2.45) is 0 Å². The van der Waals surface area contributed by atoms with Gasteiger partial charge in [0.15, 0.2) is 0 Å². The molecule has 0 amide bonds. The maximum atomic E-state index is 11.1. The SMILES string of the molecule is CCCC[C@@H](C)N(C)S(C)(=O)=O. The van der Waals surface area contributed by atoms with Crippen molar-refractivity contribution in [2.45, 2.75) is 39.2 Å². The van der Waals surface area contributed by atoms with Gasteiger partial charge in [-0.1, -0.05) is 19.8 Å². The molecule has 0 unspecified atom stereocenters. The second-order valence-electron chi connectivity index (χ2n) is 3.27. The van der Waals surface area contributed by atoms with E-state index in [4.69, 9.17) is 0 Å². The standard InChI is InChI=1S/C8H19NO2S/c1-5-6-7-8(2)9(3)12(4,10)11/h8H,5-7H2,1-4H3/t8-/m1/s1. The molecule has 0 saturated carbocycles. The second kappa shape index (κ2) is 4.82. The van der Waals surface area contributed by atoms with Crippen molar-refractivity contribution >= 4 is 10.0 Å². The lowest BCUT2D eigenvalue weighted by Gasteiger charge is -2.21. The Labute approximate surface area is 75.8 Å². The molecular formula is C8H19NO2S. The zero-order valence-electron chi connectivity index (χ0n) is 8.37. The van der Waals surface area contributed by atoms with Crippen LogP contribution >= 0.6 is 0 Å². The van der Waals surface area contributed by atoms with Crippen molar-refractivity contribution in [2.75, 3.05) is 13.3 Å². The lowest BCUT2D eigenvalue weighted by Crippen LogP contribution is -2.34. The van der Waals surface area contributed by atoms with Crippen LogP contribution in [-0.2, 0) is 10.0 Å². The van der Waals surface area contributed by atoms with Gasteiger partial charge >= 0.3 is 0 Å². The van der Waals surface area contributed by atoms with E-state index in [1.807, 2.05) is 6.92 Å². The van der Waals surface area contributed by atoms with Crippen LogP contribution in [0.15, 0.2) is 0 Å². The lowest BCUT2D eigenvalue weighted by atomic mass is 10.1. The van der Waals surface area contributed by atoms with Gasteiger partial charge in [0.2, 0.25) is 10.0 Å². The van der Waals surface area contributed by atoms with Crippen LogP contribution in [0.4, 0.5) is 0 Å². The van der Waals surface area contributed by atoms with Crippen molar-refractivity contribution in [3.63, 3.8) is 0 Å². The largest absolute Gasteiger partial charge is 0.213 e. The fraction of sp³-hybridized carbons (Fsp3) is 1.00. The highest BCUT2D eigenvalue weighted by Gasteiger charge is 2.17. The van der Waals surface area contributed by atoms with Crippen LogP contribution in [0.1, 0.15) is 33.1 Å². The van der Waals surface area contributed by atoms with Gasteiger partial charge in [-0.3, -0.25) is 0 Å². The third-order valence-electron chi connectivity index (χ3n) is 2.12. The minimum Gasteiger partial charge on any atom is -0.213 e. The molecule has 1 atom stereocenters. The molecule has 74 valence electrons. The normalized spacial score (nSPS) is 15.1. The van der Waals surface area contributed by atoms with Crippen molar-refractivity contribution < 1.29 is 8.42 Å². The van der Waals surface area contributed by atoms with Gasteiger partial charge < -0.3 is 0 Å². The lowest BCUT2D eigenvalue weighted by molar-refractivity contribution is 0.366. The Bertz CT molecular complexity index is 211. The molecule has 0 rings (SSSR count). The molecule has 4 heteroatoms. The number of sulfonamides is 1. The first-order valence-corrected chi connectivity index (χ1v) is 6.17. The van der Waals surface area contributed by atoms with Gasteiger partial charge in [0, 0.05) is 13.1 Å². The molecule has 0 radical (unpaired) electrons. The van der Waals surface area contributed by atoms with Crippen molar-refractivity contribution in [3.05, 3.63) is 0 Å². The van der Waals surface area contributed by atoms with Gasteiger partial charge in [-0.15, -0.1) is 0 Å². The first kappa shape index (κ1) is 11.9. The topological polar surface area (TPSA) is 37.4 Å². The van der Waals surface area contributed by atoms with Gasteiger partial charge in [0.25, 0.3) is 0 Å². The summed E-state index contributed by atoms with van der Waals surface area (Å²) in [5.41, 5.74) is 0. The Morgan fingerprint density at radius 1 is 1.42 bits per heavy atom. The summed E-state index contributed by atoms with van der Waals surface area (Å²) in [6.07, 6.45) is 4.39. The minimum atomic E-state index is -3.00. The number of nitrogens with zero attached hydrogens (tertiary/aromatic N) is 1. The molecule has 0 aliphatic rings. The highest BCUT2D eigenvalue weighted by Crippen LogP contribution is 2.08. The van der Waals surface area contributed by atoms with E-state index in [2.05, 4.69) is 6.92 Å². The quantitative estimate of drug-likeness (QED) is 0.663. The maximum absolute atomic E-state index is 11.1. The summed E-state index contributed by atoms with van der Waals surface area (Å²) in [7, 11) is -1.36. The summed E-state index contributed by atoms with van der Waals surface area (Å²) in [6, 6.07) is 0.125. The molecule has 0 saturated heterocycles. The highest BCUT2D eigenvalue weighted by molar-refractivity contribution is 7.88. The van der Waals surface area contributed by atoms with E-state index in [1.165, 1.54) is 10.6 Å². The average molecular weight is 193 g/mol. The fourth-order valence-corrected chi connectivity index (χ4v) is 1.77.